The number of aliphatic hydroxyl groups is 2. The van der Waals surface area contributed by atoms with Crippen LogP contribution >= 0.6 is 35.2 Å². The van der Waals surface area contributed by atoms with E-state index in [1.54, 1.807) is 85.4 Å². The van der Waals surface area contributed by atoms with Gasteiger partial charge in [0.05, 0.1) is 37.1 Å². The zero-order valence-corrected chi connectivity index (χ0v) is 82.3. The number of hydrogen-bond acceptors (Lipinski definition) is 31. The van der Waals surface area contributed by atoms with Crippen molar-refractivity contribution in [2.24, 2.45) is 16.2 Å². The highest BCUT2D eigenvalue weighted by atomic mass is 32.2. The third kappa shape index (κ3) is 39.4. The molecule has 0 aliphatic carbocycles. The number of thioether (sulfide) groups is 1. The molecule has 45 heteroatoms. The van der Waals surface area contributed by atoms with Gasteiger partial charge in [-0.1, -0.05) is 85.7 Å². The number of carbonyl (C=O) groups excluding carboxylic acids is 9. The molecule has 2 aliphatic heterocycles. The molecule has 0 saturated carbocycles. The second-order valence-electron chi connectivity index (χ2n) is 37.4. The number of benzene rings is 5. The van der Waals surface area contributed by atoms with Crippen molar-refractivity contribution in [1.29, 1.82) is 0 Å². The van der Waals surface area contributed by atoms with Crippen LogP contribution in [0.25, 0.3) is 11.2 Å². The number of esters is 1. The molecule has 12 N–H and O–H groups in total. The Hall–Kier alpha value is -9.87. The number of fused-ring (bicyclic) bond motifs is 1. The van der Waals surface area contributed by atoms with Crippen molar-refractivity contribution in [2.75, 3.05) is 36.2 Å². The minimum Gasteiger partial charge on any atom is -0.488 e. The van der Waals surface area contributed by atoms with E-state index < -0.39 is 143 Å². The monoisotopic (exact) mass is 1970 g/mol. The van der Waals surface area contributed by atoms with Gasteiger partial charge in [-0.3, -0.25) is 56.5 Å². The van der Waals surface area contributed by atoms with Gasteiger partial charge < -0.3 is 75.5 Å². The first-order valence-electron chi connectivity index (χ1n) is 41.6. The minimum absolute atomic E-state index is 0.00861. The fourth-order valence-corrected chi connectivity index (χ4v) is 15.1. The molecule has 742 valence electrons. The van der Waals surface area contributed by atoms with Crippen LogP contribution in [-0.4, -0.2) is 172 Å². The average Bonchev–Trinajstić information content (AvgIpc) is 1.61. The van der Waals surface area contributed by atoms with Crippen LogP contribution in [0.2, 0.25) is 0 Å². The molecular weight excluding hydrogens is 1850 g/mol. The predicted octanol–water partition coefficient (Wildman–Crippen LogP) is 16.1. The van der Waals surface area contributed by atoms with Crippen LogP contribution in [0.1, 0.15) is 245 Å². The fraction of sp³-hybridized carbons (Fsp3) is 0.506. The highest BCUT2D eigenvalue weighted by Gasteiger charge is 2.51. The Balaban J connectivity index is 0.000000374. The van der Waals surface area contributed by atoms with Crippen LogP contribution < -0.4 is 36.1 Å². The molecule has 2 aliphatic rings. The minimum atomic E-state index is -5.51. The van der Waals surface area contributed by atoms with E-state index in [0.717, 1.165) is 12.0 Å². The summed E-state index contributed by atoms with van der Waals surface area (Å²) in [5.41, 5.74) is 18.1. The predicted molar refractivity (Wildman–Crippen MR) is 486 cm³/mol. The first-order valence-corrected chi connectivity index (χ1v) is 47.1. The Morgan fingerprint density at radius 2 is 1.12 bits per heavy atom. The smallest absolute Gasteiger partial charge is 0.481 e. The lowest BCUT2D eigenvalue weighted by Crippen LogP contribution is -2.39. The van der Waals surface area contributed by atoms with Crippen molar-refractivity contribution in [3.05, 3.63) is 155 Å². The first-order chi connectivity index (χ1) is 61.3. The number of aldehydes is 1. The average molecular weight is 1970 g/mol. The number of nitrogens with two attached hydrogens (primary N) is 3. The molecule has 2 aromatic heterocycles. The van der Waals surface area contributed by atoms with Crippen LogP contribution in [0.4, 0.5) is 39.0 Å². The van der Waals surface area contributed by atoms with Gasteiger partial charge in [0, 0.05) is 99.8 Å². The van der Waals surface area contributed by atoms with Crippen LogP contribution in [0.15, 0.2) is 97.6 Å². The molecule has 134 heavy (non-hydrogen) atoms. The third-order valence-electron chi connectivity index (χ3n) is 17.7. The molecule has 2 amide bonds. The zero-order chi connectivity index (χ0) is 102. The number of aryl methyl sites for hydroxylation is 1. The van der Waals surface area contributed by atoms with Crippen LogP contribution in [0, 0.1) is 52.3 Å². The lowest BCUT2D eigenvalue weighted by Gasteiger charge is -2.30. The highest BCUT2D eigenvalue weighted by Crippen LogP contribution is 2.61. The van der Waals surface area contributed by atoms with Gasteiger partial charge in [0.15, 0.2) is 35.5 Å². The van der Waals surface area contributed by atoms with E-state index in [2.05, 4.69) is 49.3 Å². The lowest BCUT2D eigenvalue weighted by molar-refractivity contribution is -0.198. The number of Topliss-reactive ketones (excluding diaryl/α,β-unsaturated/α-hetero) is 3. The number of imide groups is 1. The van der Waals surface area contributed by atoms with Gasteiger partial charge in [-0.05, 0) is 157 Å². The number of carbonyl (C=O) groups is 9. The molecule has 9 rings (SSSR count). The largest absolute Gasteiger partial charge is 0.488 e. The molecule has 0 bridgehead atoms. The van der Waals surface area contributed by atoms with E-state index in [-0.39, 0.29) is 88.5 Å². The van der Waals surface area contributed by atoms with Gasteiger partial charge >= 0.3 is 35.4 Å². The van der Waals surface area contributed by atoms with E-state index in [9.17, 15) is 109 Å². The summed E-state index contributed by atoms with van der Waals surface area (Å²) < 4.78 is 148. The number of hydrogen-bond donors (Lipinski definition) is 9. The summed E-state index contributed by atoms with van der Waals surface area (Å²) in [4.78, 5) is 160. The van der Waals surface area contributed by atoms with Crippen LogP contribution in [0.3, 0.4) is 0 Å². The number of aliphatic hydroxyl groups excluding tert-OH is 2. The maximum absolute atomic E-state index is 13.2. The maximum Gasteiger partial charge on any atom is 0.481 e. The SMILES string of the molecule is CC(=O)c1ccc(OC(C)(C)C)cc1N.CC(C)(C)C(=O)Oc1c(F)c(F)c(F)c(F)c1F.CC(C)(C)CC(=O)ON1C(=O)CCC1=O.CC(C)(C)Oc1ccc(C(=O)c2ccccc2)c(N)c1.CC(C)(C)Oc1ccc(C=O)c(N)c1.Cc1ncnc2c1ncn2C1OC(COP(=O)(O)OP(=O)(O)OCC(C)(C)C(O)C(=O)CCCC(=O)CCCSC(C)(C)C)C(OP(=O)(O)O)C1O. The van der Waals surface area contributed by atoms with Crippen LogP contribution in [0.5, 0.6) is 23.0 Å². The van der Waals surface area contributed by atoms with E-state index in [0.29, 0.717) is 85.7 Å². The Kier molecular flexibility index (Phi) is 42.3. The number of phosphoric acid groups is 3. The first kappa shape index (κ1) is 116. The summed E-state index contributed by atoms with van der Waals surface area (Å²) in [6.07, 6.45) is -3.64. The van der Waals surface area contributed by atoms with E-state index >= 15 is 0 Å². The quantitative estimate of drug-likeness (QED) is 0.00167. The van der Waals surface area contributed by atoms with E-state index in [1.807, 2.05) is 101 Å². The molecule has 0 spiro atoms. The molecule has 2 fully saturated rings. The molecule has 0 radical (unpaired) electrons. The van der Waals surface area contributed by atoms with Gasteiger partial charge in [-0.25, -0.2) is 46.6 Å². The molecule has 36 nitrogen and oxygen atoms in total. The molecule has 2 saturated heterocycles. The number of halogens is 5. The number of phosphoric ester groups is 3. The highest BCUT2D eigenvalue weighted by molar-refractivity contribution is 8.00. The number of amides is 2. The number of anilines is 3. The second-order valence-corrected chi connectivity index (χ2v) is 43.6. The summed E-state index contributed by atoms with van der Waals surface area (Å²) in [5, 5.41) is 22.1. The van der Waals surface area contributed by atoms with E-state index in [4.69, 9.17) is 50.0 Å². The molecule has 7 aromatic rings. The summed E-state index contributed by atoms with van der Waals surface area (Å²) >= 11 is 1.75. The molecule has 5 aromatic carbocycles. The third-order valence-corrected chi connectivity index (χ3v) is 22.1. The fourth-order valence-electron chi connectivity index (χ4n) is 11.4. The lowest BCUT2D eigenvalue weighted by atomic mass is 9.84. The number of rotatable bonds is 31. The summed E-state index contributed by atoms with van der Waals surface area (Å²) in [6, 6.07) is 24.5. The van der Waals surface area contributed by atoms with Crippen molar-refractivity contribution < 1.29 is 155 Å². The summed E-state index contributed by atoms with van der Waals surface area (Å²) in [5.74, 6) is -13.0. The number of imidazole rings is 1. The van der Waals surface area contributed by atoms with E-state index in [1.165, 1.54) is 58.8 Å². The molecule has 7 unspecified atom stereocenters. The number of aromatic nitrogens is 4. The van der Waals surface area contributed by atoms with Gasteiger partial charge in [-0.2, -0.15) is 24.9 Å². The Bertz CT molecular complexity index is 5390. The van der Waals surface area contributed by atoms with Crippen molar-refractivity contribution in [2.45, 2.75) is 256 Å². The van der Waals surface area contributed by atoms with Crippen molar-refractivity contribution >= 4 is 117 Å². The number of nitrogens with zero attached hydrogens (tertiary/aromatic N) is 5. The van der Waals surface area contributed by atoms with Gasteiger partial charge in [0.1, 0.15) is 76.1 Å². The molecule has 7 atom stereocenters. The number of ketones is 4. The Morgan fingerprint density at radius 1 is 0.634 bits per heavy atom. The molecular formula is C89H122F5N8O28P3S. The standard InChI is InChI=1S/C28H47N4O16P3S.C17H19NO2.C12H17NO2.C11H9F5O2.C11H15NO2.C10H15NO4/c1-17-21-25(30-15-29-17)32(16-31-21)26-22(35)23(47-49(37,38)39)20(46-26)13-44-50(40,41)48-51(42,43)45-14-28(5,6)24(36)19(34)11-7-9-18(33)10-8-12-52-27(2,3)4;1-17(2,3)20-13-9-10-14(15(18)11-13)16(19)12-7-5-4-6-8-12;1-8(14)10-6-5-9(7-11(10)13)15-12(2,3)4;1-11(2,3)10(17)18-9-7(15)5(13)4(12)6(14)8(9)16;1-11(2,3)14-9-5-4-8(7-13)10(12)6-9;1-10(2,3)6-9(14)15-11-7(12)4-5-8(11)13/h15-16,20,22-24,26,35-36H,7-14H2,1-6H3,(H,40,41)(H,42,43)(H2,37,38,39);4-11H,18H2,1-3H3;5-7H,13H2,1-4H3;1-3H3;4-7H,12H2,1-3H3;4-6H2,1-3H3. The van der Waals surface area contributed by atoms with Crippen molar-refractivity contribution in [1.82, 2.24) is 24.6 Å². The number of hydroxylamine groups is 2. The maximum atomic E-state index is 13.2. The van der Waals surface area contributed by atoms with Gasteiger partial charge in [-0.15, -0.1) is 5.06 Å². The second kappa shape index (κ2) is 48.7. The van der Waals surface area contributed by atoms with Crippen molar-refractivity contribution in [3.8, 4) is 23.0 Å². The Labute approximate surface area is 778 Å². The zero-order valence-electron chi connectivity index (χ0n) is 78.8. The summed E-state index contributed by atoms with van der Waals surface area (Å²) in [6.45, 7) is 37.5. The van der Waals surface area contributed by atoms with Crippen LogP contribution in [-0.2, 0) is 69.9 Å². The number of nitrogen functional groups attached to an aromatic ring is 3. The van der Waals surface area contributed by atoms with Crippen molar-refractivity contribution in [3.63, 3.8) is 0 Å². The molecule has 4 heterocycles. The summed E-state index contributed by atoms with van der Waals surface area (Å²) in [7, 11) is -16.2. The topological polar surface area (TPSA) is 543 Å². The van der Waals surface area contributed by atoms with Gasteiger partial charge in [0.25, 0.3) is 11.8 Å². The Morgan fingerprint density at radius 3 is 1.58 bits per heavy atom. The number of ether oxygens (including phenoxy) is 5. The normalized spacial score (nSPS) is 16.5. The van der Waals surface area contributed by atoms with Gasteiger partial charge in [0.2, 0.25) is 34.8 Å².